The van der Waals surface area contributed by atoms with E-state index in [4.69, 9.17) is 4.74 Å². The third kappa shape index (κ3) is 4.56. The van der Waals surface area contributed by atoms with E-state index in [1.54, 1.807) is 18.4 Å². The van der Waals surface area contributed by atoms with Crippen LogP contribution in [0, 0.1) is 6.92 Å². The van der Waals surface area contributed by atoms with Crippen molar-refractivity contribution >= 4 is 17.2 Å². The molecule has 0 saturated carbocycles. The average molecular weight is 318 g/mol. The van der Waals surface area contributed by atoms with E-state index in [1.807, 2.05) is 24.3 Å². The van der Waals surface area contributed by atoms with E-state index in [1.165, 1.54) is 10.6 Å². The van der Waals surface area contributed by atoms with Crippen LogP contribution in [-0.4, -0.2) is 24.5 Å². The van der Waals surface area contributed by atoms with E-state index in [9.17, 15) is 4.79 Å². The summed E-state index contributed by atoms with van der Waals surface area (Å²) < 4.78 is 5.10. The number of benzene rings is 1. The van der Waals surface area contributed by atoms with Gasteiger partial charge in [-0.05, 0) is 31.0 Å². The fourth-order valence-corrected chi connectivity index (χ4v) is 3.24. The number of carbonyl (C=O) groups is 1. The molecule has 5 heteroatoms. The predicted molar refractivity (Wildman–Crippen MR) is 89.6 cm³/mol. The van der Waals surface area contributed by atoms with Gasteiger partial charge in [-0.3, -0.25) is 4.79 Å². The number of nitrogens with one attached hydrogen (secondary N) is 1. The quantitative estimate of drug-likeness (QED) is 0.854. The lowest BCUT2D eigenvalue weighted by atomic mass is 10.1. The normalized spacial score (nSPS) is 10.5. The summed E-state index contributed by atoms with van der Waals surface area (Å²) in [6, 6.07) is 7.56. The zero-order chi connectivity index (χ0) is 15.9. The molecule has 0 atom stereocenters. The van der Waals surface area contributed by atoms with Crippen LogP contribution in [0.25, 0.3) is 0 Å². The Morgan fingerprint density at radius 1 is 1.32 bits per heavy atom. The highest BCUT2D eigenvalue weighted by Crippen LogP contribution is 2.18. The molecule has 1 aromatic carbocycles. The molecule has 0 fully saturated rings. The topological polar surface area (TPSA) is 51.2 Å². The molecular formula is C17H22N2O2S. The lowest BCUT2D eigenvalue weighted by Gasteiger charge is -2.05. The molecule has 0 radical (unpaired) electrons. The second-order valence-corrected chi connectivity index (χ2v) is 6.38. The second kappa shape index (κ2) is 7.94. The van der Waals surface area contributed by atoms with Gasteiger partial charge in [0.2, 0.25) is 5.91 Å². The lowest BCUT2D eigenvalue weighted by Crippen LogP contribution is -2.27. The van der Waals surface area contributed by atoms with Gasteiger partial charge in [-0.25, -0.2) is 4.98 Å². The van der Waals surface area contributed by atoms with Gasteiger partial charge in [-0.1, -0.05) is 19.1 Å². The van der Waals surface area contributed by atoms with Crippen LogP contribution in [0.4, 0.5) is 0 Å². The molecule has 0 bridgehead atoms. The molecule has 0 unspecified atom stereocenters. The van der Waals surface area contributed by atoms with Gasteiger partial charge >= 0.3 is 0 Å². The van der Waals surface area contributed by atoms with Crippen molar-refractivity contribution in [2.45, 2.75) is 33.1 Å². The highest BCUT2D eigenvalue weighted by atomic mass is 32.1. The Morgan fingerprint density at radius 2 is 2.05 bits per heavy atom. The average Bonchev–Trinajstić information content (AvgIpc) is 2.88. The molecular weight excluding hydrogens is 296 g/mol. The van der Waals surface area contributed by atoms with Crippen LogP contribution in [0.5, 0.6) is 5.75 Å². The number of nitrogens with zero attached hydrogens (tertiary/aromatic N) is 1. The van der Waals surface area contributed by atoms with Crippen LogP contribution in [0.2, 0.25) is 0 Å². The Morgan fingerprint density at radius 3 is 2.64 bits per heavy atom. The van der Waals surface area contributed by atoms with Gasteiger partial charge in [-0.15, -0.1) is 11.3 Å². The van der Waals surface area contributed by atoms with Crippen LogP contribution in [0.3, 0.4) is 0 Å². The van der Waals surface area contributed by atoms with Gasteiger partial charge in [0, 0.05) is 17.8 Å². The second-order valence-electron chi connectivity index (χ2n) is 5.09. The number of hydrogen-bond donors (Lipinski definition) is 1. The molecule has 1 heterocycles. The molecule has 22 heavy (non-hydrogen) atoms. The molecule has 118 valence electrons. The maximum atomic E-state index is 11.9. The van der Waals surface area contributed by atoms with E-state index >= 15 is 0 Å². The Hall–Kier alpha value is -1.88. The van der Waals surface area contributed by atoms with Gasteiger partial charge < -0.3 is 10.1 Å². The fourth-order valence-electron chi connectivity index (χ4n) is 2.22. The van der Waals surface area contributed by atoms with Crippen LogP contribution >= 0.6 is 11.3 Å². The van der Waals surface area contributed by atoms with E-state index in [-0.39, 0.29) is 5.91 Å². The summed E-state index contributed by atoms with van der Waals surface area (Å²) in [7, 11) is 1.63. The van der Waals surface area contributed by atoms with Gasteiger partial charge in [-0.2, -0.15) is 0 Å². The van der Waals surface area contributed by atoms with Gasteiger partial charge in [0.1, 0.15) is 5.75 Å². The Labute approximate surface area is 135 Å². The smallest absolute Gasteiger partial charge is 0.224 e. The monoisotopic (exact) mass is 318 g/mol. The molecule has 0 aliphatic rings. The summed E-state index contributed by atoms with van der Waals surface area (Å²) in [6.45, 7) is 4.84. The Balaban J connectivity index is 1.77. The summed E-state index contributed by atoms with van der Waals surface area (Å²) in [5.74, 6) is 0.837. The molecule has 1 N–H and O–H groups in total. The number of ether oxygens (including phenoxy) is 1. The van der Waals surface area contributed by atoms with Crippen molar-refractivity contribution in [1.82, 2.24) is 10.3 Å². The van der Waals surface area contributed by atoms with Crippen LogP contribution in [0.1, 0.15) is 28.1 Å². The van der Waals surface area contributed by atoms with E-state index < -0.39 is 0 Å². The zero-order valence-electron chi connectivity index (χ0n) is 13.3. The van der Waals surface area contributed by atoms with Crippen molar-refractivity contribution in [3.63, 3.8) is 0 Å². The summed E-state index contributed by atoms with van der Waals surface area (Å²) in [4.78, 5) is 17.8. The highest BCUT2D eigenvalue weighted by molar-refractivity contribution is 7.11. The first kappa shape index (κ1) is 16.5. The predicted octanol–water partition coefficient (Wildman–Crippen LogP) is 2.92. The maximum Gasteiger partial charge on any atom is 0.224 e. The van der Waals surface area contributed by atoms with Crippen LogP contribution in [-0.2, 0) is 24.1 Å². The van der Waals surface area contributed by atoms with Crippen molar-refractivity contribution < 1.29 is 9.53 Å². The molecule has 1 amide bonds. The van der Waals surface area contributed by atoms with E-state index in [0.717, 1.165) is 29.2 Å². The number of carbonyl (C=O) groups excluding carboxylic acids is 1. The van der Waals surface area contributed by atoms with Crippen molar-refractivity contribution in [2.24, 2.45) is 0 Å². The zero-order valence-corrected chi connectivity index (χ0v) is 14.1. The van der Waals surface area contributed by atoms with Crippen LogP contribution in [0.15, 0.2) is 24.3 Å². The van der Waals surface area contributed by atoms with Crippen molar-refractivity contribution in [3.8, 4) is 5.75 Å². The first-order chi connectivity index (χ1) is 10.6. The van der Waals surface area contributed by atoms with Crippen molar-refractivity contribution in [2.75, 3.05) is 13.7 Å². The summed E-state index contributed by atoms with van der Waals surface area (Å²) in [5, 5.41) is 4.05. The van der Waals surface area contributed by atoms with Gasteiger partial charge in [0.15, 0.2) is 0 Å². The number of methoxy groups -OCH3 is 1. The van der Waals surface area contributed by atoms with E-state index in [0.29, 0.717) is 13.0 Å². The van der Waals surface area contributed by atoms with Crippen LogP contribution < -0.4 is 10.1 Å². The minimum absolute atomic E-state index is 0.0363. The largest absolute Gasteiger partial charge is 0.497 e. The molecule has 4 nitrogen and oxygen atoms in total. The molecule has 0 spiro atoms. The number of thiazole rings is 1. The first-order valence-electron chi connectivity index (χ1n) is 7.47. The SMILES string of the molecule is CCc1nc(CCNC(=O)Cc2ccc(OC)cc2)sc1C. The minimum Gasteiger partial charge on any atom is -0.497 e. The number of hydrogen-bond acceptors (Lipinski definition) is 4. The third-order valence-corrected chi connectivity index (χ3v) is 4.53. The van der Waals surface area contributed by atoms with Gasteiger partial charge in [0.05, 0.1) is 24.2 Å². The molecule has 2 aromatic rings. The molecule has 0 saturated heterocycles. The van der Waals surface area contributed by atoms with Gasteiger partial charge in [0.25, 0.3) is 0 Å². The number of rotatable bonds is 7. The molecule has 2 rings (SSSR count). The fraction of sp³-hybridized carbons (Fsp3) is 0.412. The maximum absolute atomic E-state index is 11.9. The van der Waals surface area contributed by atoms with Crippen molar-refractivity contribution in [3.05, 3.63) is 45.4 Å². The molecule has 0 aliphatic carbocycles. The molecule has 1 aromatic heterocycles. The number of amides is 1. The third-order valence-electron chi connectivity index (χ3n) is 3.46. The highest BCUT2D eigenvalue weighted by Gasteiger charge is 2.07. The summed E-state index contributed by atoms with van der Waals surface area (Å²) in [6.07, 6.45) is 2.15. The Kier molecular flexibility index (Phi) is 5.95. The summed E-state index contributed by atoms with van der Waals surface area (Å²) >= 11 is 1.72. The number of aryl methyl sites for hydroxylation is 2. The molecule has 0 aliphatic heterocycles. The number of aromatic nitrogens is 1. The Bertz CT molecular complexity index is 620. The first-order valence-corrected chi connectivity index (χ1v) is 8.28. The lowest BCUT2D eigenvalue weighted by molar-refractivity contribution is -0.120. The minimum atomic E-state index is 0.0363. The van der Waals surface area contributed by atoms with Crippen molar-refractivity contribution in [1.29, 1.82) is 0 Å². The standard InChI is InChI=1S/C17H22N2O2S/c1-4-15-12(2)22-17(19-15)9-10-18-16(20)11-13-5-7-14(21-3)8-6-13/h5-8H,4,9-11H2,1-3H3,(H,18,20). The summed E-state index contributed by atoms with van der Waals surface area (Å²) in [5.41, 5.74) is 2.15. The van der Waals surface area contributed by atoms with E-state index in [2.05, 4.69) is 24.1 Å².